The van der Waals surface area contributed by atoms with Gasteiger partial charge in [-0.25, -0.2) is 4.98 Å². The van der Waals surface area contributed by atoms with Gasteiger partial charge in [0.25, 0.3) is 0 Å². The molecule has 1 aromatic heterocycles. The van der Waals surface area contributed by atoms with Crippen molar-refractivity contribution in [2.75, 3.05) is 18.0 Å². The number of aromatic nitrogens is 2. The Bertz CT molecular complexity index is 1390. The van der Waals surface area contributed by atoms with Gasteiger partial charge in [-0.3, -0.25) is 4.79 Å². The number of amides is 1. The van der Waals surface area contributed by atoms with E-state index in [-0.39, 0.29) is 18.4 Å². The predicted octanol–water partition coefficient (Wildman–Crippen LogP) is 6.47. The van der Waals surface area contributed by atoms with Crippen molar-refractivity contribution in [3.8, 4) is 0 Å². The van der Waals surface area contributed by atoms with Crippen LogP contribution in [-0.2, 0) is 17.8 Å². The Kier molecular flexibility index (Phi) is 9.10. The Balaban J connectivity index is 1.25. The normalized spacial score (nSPS) is 10.9. The molecule has 0 atom stereocenters. The van der Waals surface area contributed by atoms with Gasteiger partial charge in [-0.1, -0.05) is 121 Å². The standard InChI is InChI=1S/C33H32N4OS/c38-32(34-22-21-30(28-17-9-3-10-18-28)29-19-11-4-12-20-29)25-37(24-27-15-7-2-8-16-27)33-35-31(36-39-33)23-26-13-5-1-6-14-26/h1-20,30H,21-25H2,(H,34,38). The molecule has 1 heterocycles. The summed E-state index contributed by atoms with van der Waals surface area (Å²) in [5.74, 6) is 0.968. The van der Waals surface area contributed by atoms with Crippen molar-refractivity contribution in [3.05, 3.63) is 149 Å². The molecule has 4 aromatic carbocycles. The second-order valence-corrected chi connectivity index (χ2v) is 10.2. The second kappa shape index (κ2) is 13.5. The van der Waals surface area contributed by atoms with E-state index in [0.717, 1.165) is 22.9 Å². The van der Waals surface area contributed by atoms with Crippen LogP contribution in [0.25, 0.3) is 0 Å². The van der Waals surface area contributed by atoms with Crippen molar-refractivity contribution in [3.63, 3.8) is 0 Å². The van der Waals surface area contributed by atoms with Crippen LogP contribution < -0.4 is 10.2 Å². The molecule has 1 amide bonds. The molecule has 0 aliphatic heterocycles. The van der Waals surface area contributed by atoms with Gasteiger partial charge < -0.3 is 10.2 Å². The minimum absolute atomic E-state index is 0.0226. The van der Waals surface area contributed by atoms with E-state index < -0.39 is 0 Å². The fraction of sp³-hybridized carbons (Fsp3) is 0.182. The summed E-state index contributed by atoms with van der Waals surface area (Å²) in [6.07, 6.45) is 1.49. The van der Waals surface area contributed by atoms with Gasteiger partial charge in [0.1, 0.15) is 5.82 Å². The molecule has 6 heteroatoms. The topological polar surface area (TPSA) is 58.1 Å². The SMILES string of the molecule is O=C(CN(Cc1ccccc1)c1nc(Cc2ccccc2)ns1)NCCC(c1ccccc1)c1ccccc1. The van der Waals surface area contributed by atoms with Crippen LogP contribution in [0.2, 0.25) is 0 Å². The summed E-state index contributed by atoms with van der Waals surface area (Å²) in [5.41, 5.74) is 4.80. The zero-order valence-electron chi connectivity index (χ0n) is 21.8. The first kappa shape index (κ1) is 26.3. The lowest BCUT2D eigenvalue weighted by atomic mass is 9.88. The van der Waals surface area contributed by atoms with Gasteiger partial charge >= 0.3 is 0 Å². The summed E-state index contributed by atoms with van der Waals surface area (Å²) in [4.78, 5) is 20.0. The number of benzene rings is 4. The highest BCUT2D eigenvalue weighted by Crippen LogP contribution is 2.27. The Labute approximate surface area is 234 Å². The molecular formula is C33H32N4OS. The maximum absolute atomic E-state index is 13.2. The van der Waals surface area contributed by atoms with Crippen molar-refractivity contribution in [1.82, 2.24) is 14.7 Å². The van der Waals surface area contributed by atoms with Crippen molar-refractivity contribution < 1.29 is 4.79 Å². The number of hydrogen-bond donors (Lipinski definition) is 1. The third-order valence-corrected chi connectivity index (χ3v) is 7.46. The number of carbonyl (C=O) groups excluding carboxylic acids is 1. The molecule has 5 aromatic rings. The predicted molar refractivity (Wildman–Crippen MR) is 159 cm³/mol. The van der Waals surface area contributed by atoms with Crippen LogP contribution in [0.1, 0.15) is 40.4 Å². The molecule has 0 unspecified atom stereocenters. The molecule has 0 aliphatic rings. The lowest BCUT2D eigenvalue weighted by Crippen LogP contribution is -2.37. The van der Waals surface area contributed by atoms with E-state index in [4.69, 9.17) is 4.98 Å². The van der Waals surface area contributed by atoms with Crippen molar-refractivity contribution in [1.29, 1.82) is 0 Å². The lowest BCUT2D eigenvalue weighted by Gasteiger charge is -2.22. The molecule has 0 saturated heterocycles. The van der Waals surface area contributed by atoms with Crippen LogP contribution in [-0.4, -0.2) is 28.4 Å². The summed E-state index contributed by atoms with van der Waals surface area (Å²) in [7, 11) is 0. The molecule has 5 nitrogen and oxygen atoms in total. The zero-order valence-corrected chi connectivity index (χ0v) is 22.6. The van der Waals surface area contributed by atoms with Gasteiger partial charge in [-0.2, -0.15) is 4.37 Å². The van der Waals surface area contributed by atoms with E-state index in [1.807, 2.05) is 53.4 Å². The third-order valence-electron chi connectivity index (χ3n) is 6.64. The first-order valence-electron chi connectivity index (χ1n) is 13.3. The van der Waals surface area contributed by atoms with E-state index in [9.17, 15) is 4.79 Å². The number of anilines is 1. The highest BCUT2D eigenvalue weighted by Gasteiger charge is 2.18. The van der Waals surface area contributed by atoms with E-state index >= 15 is 0 Å². The molecule has 0 fully saturated rings. The summed E-state index contributed by atoms with van der Waals surface area (Å²) in [6.45, 7) is 1.39. The first-order valence-corrected chi connectivity index (χ1v) is 14.0. The van der Waals surface area contributed by atoms with E-state index in [2.05, 4.69) is 82.5 Å². The molecule has 0 bridgehead atoms. The van der Waals surface area contributed by atoms with Crippen LogP contribution in [0, 0.1) is 0 Å². The van der Waals surface area contributed by atoms with Crippen LogP contribution in [0.5, 0.6) is 0 Å². The fourth-order valence-electron chi connectivity index (χ4n) is 4.70. The Morgan fingerprint density at radius 1 is 0.744 bits per heavy atom. The molecule has 0 radical (unpaired) electrons. The molecule has 39 heavy (non-hydrogen) atoms. The molecular weight excluding hydrogens is 500 g/mol. The van der Waals surface area contributed by atoms with Gasteiger partial charge in [0.15, 0.2) is 0 Å². The highest BCUT2D eigenvalue weighted by atomic mass is 32.1. The van der Waals surface area contributed by atoms with Gasteiger partial charge in [0.05, 0.1) is 6.54 Å². The summed E-state index contributed by atoms with van der Waals surface area (Å²) in [6, 6.07) is 41.3. The highest BCUT2D eigenvalue weighted by molar-refractivity contribution is 7.09. The minimum Gasteiger partial charge on any atom is -0.355 e. The third kappa shape index (κ3) is 7.62. The maximum Gasteiger partial charge on any atom is 0.239 e. The van der Waals surface area contributed by atoms with Crippen molar-refractivity contribution in [2.45, 2.75) is 25.3 Å². The maximum atomic E-state index is 13.2. The van der Waals surface area contributed by atoms with Crippen molar-refractivity contribution >= 4 is 22.6 Å². The quantitative estimate of drug-likeness (QED) is 0.200. The average Bonchev–Trinajstić information content (AvgIpc) is 3.45. The van der Waals surface area contributed by atoms with E-state index in [1.54, 1.807) is 0 Å². The monoisotopic (exact) mass is 532 g/mol. The molecule has 0 spiro atoms. The largest absolute Gasteiger partial charge is 0.355 e. The lowest BCUT2D eigenvalue weighted by molar-refractivity contribution is -0.119. The molecule has 0 aliphatic carbocycles. The Morgan fingerprint density at radius 3 is 1.87 bits per heavy atom. The van der Waals surface area contributed by atoms with Crippen LogP contribution >= 0.6 is 11.5 Å². The molecule has 196 valence electrons. The second-order valence-electron chi connectivity index (χ2n) is 9.51. The zero-order chi connectivity index (χ0) is 26.7. The van der Waals surface area contributed by atoms with Crippen LogP contribution in [0.15, 0.2) is 121 Å². The molecule has 5 rings (SSSR count). The minimum atomic E-state index is -0.0226. The summed E-state index contributed by atoms with van der Waals surface area (Å²) in [5, 5.41) is 3.92. The summed E-state index contributed by atoms with van der Waals surface area (Å²) >= 11 is 1.35. The van der Waals surface area contributed by atoms with Crippen molar-refractivity contribution in [2.24, 2.45) is 0 Å². The number of carbonyl (C=O) groups is 1. The van der Waals surface area contributed by atoms with E-state index in [1.165, 1.54) is 28.2 Å². The van der Waals surface area contributed by atoms with Crippen LogP contribution in [0.3, 0.4) is 0 Å². The van der Waals surface area contributed by atoms with Crippen LogP contribution in [0.4, 0.5) is 5.13 Å². The fourth-order valence-corrected chi connectivity index (χ4v) is 5.38. The Hall–Kier alpha value is -4.29. The molecule has 0 saturated carbocycles. The smallest absolute Gasteiger partial charge is 0.239 e. The number of nitrogens with one attached hydrogen (secondary N) is 1. The number of hydrogen-bond acceptors (Lipinski definition) is 5. The number of rotatable bonds is 12. The van der Waals surface area contributed by atoms with Gasteiger partial charge in [0.2, 0.25) is 11.0 Å². The Morgan fingerprint density at radius 2 is 1.28 bits per heavy atom. The average molecular weight is 533 g/mol. The molecule has 1 N–H and O–H groups in total. The van der Waals surface area contributed by atoms with E-state index in [0.29, 0.717) is 19.5 Å². The first-order chi connectivity index (χ1) is 19.2. The number of nitrogens with zero attached hydrogens (tertiary/aromatic N) is 3. The summed E-state index contributed by atoms with van der Waals surface area (Å²) < 4.78 is 4.59. The van der Waals surface area contributed by atoms with Gasteiger partial charge in [0, 0.05) is 37.0 Å². The van der Waals surface area contributed by atoms with Gasteiger partial charge in [-0.15, -0.1) is 0 Å². The van der Waals surface area contributed by atoms with Gasteiger partial charge in [-0.05, 0) is 28.7 Å².